The molecule has 0 radical (unpaired) electrons. The summed E-state index contributed by atoms with van der Waals surface area (Å²) in [6.07, 6.45) is 5.79. The maximum absolute atomic E-state index is 13.4. The molecule has 4 rings (SSSR count). The SMILES string of the molecule is O=[N+]([O-])c1ccc(N2CCN(CCCN(c3ccncc3)c3ccc(F)cc3)CC2)nc1. The maximum Gasteiger partial charge on any atom is 0.287 e. The number of anilines is 3. The van der Waals surface area contributed by atoms with Gasteiger partial charge in [-0.3, -0.25) is 20.0 Å². The molecule has 2 aromatic heterocycles. The summed E-state index contributed by atoms with van der Waals surface area (Å²) in [4.78, 5) is 25.4. The van der Waals surface area contributed by atoms with Gasteiger partial charge in [0.15, 0.2) is 0 Å². The first-order valence-electron chi connectivity index (χ1n) is 10.6. The average molecular weight is 436 g/mol. The van der Waals surface area contributed by atoms with Crippen molar-refractivity contribution in [3.63, 3.8) is 0 Å². The first-order valence-corrected chi connectivity index (χ1v) is 10.6. The molecule has 1 aliphatic rings. The highest BCUT2D eigenvalue weighted by molar-refractivity contribution is 5.62. The molecule has 1 saturated heterocycles. The Balaban J connectivity index is 1.30. The Morgan fingerprint density at radius 2 is 1.66 bits per heavy atom. The van der Waals surface area contributed by atoms with Gasteiger partial charge in [-0.1, -0.05) is 0 Å². The fourth-order valence-electron chi connectivity index (χ4n) is 3.88. The molecule has 0 unspecified atom stereocenters. The fourth-order valence-corrected chi connectivity index (χ4v) is 3.88. The monoisotopic (exact) mass is 436 g/mol. The highest BCUT2D eigenvalue weighted by Crippen LogP contribution is 2.25. The van der Waals surface area contributed by atoms with Crippen molar-refractivity contribution >= 4 is 22.9 Å². The van der Waals surface area contributed by atoms with Gasteiger partial charge >= 0.3 is 0 Å². The maximum atomic E-state index is 13.4. The van der Waals surface area contributed by atoms with Crippen LogP contribution in [0.5, 0.6) is 0 Å². The Morgan fingerprint density at radius 3 is 2.28 bits per heavy atom. The lowest BCUT2D eigenvalue weighted by atomic mass is 10.2. The molecule has 3 heterocycles. The van der Waals surface area contributed by atoms with E-state index in [0.717, 1.165) is 62.9 Å². The number of rotatable bonds is 8. The van der Waals surface area contributed by atoms with Crippen LogP contribution in [0.2, 0.25) is 0 Å². The van der Waals surface area contributed by atoms with Crippen molar-refractivity contribution in [1.29, 1.82) is 0 Å². The van der Waals surface area contributed by atoms with Crippen LogP contribution in [-0.4, -0.2) is 59.1 Å². The Bertz CT molecular complexity index is 1010. The van der Waals surface area contributed by atoms with E-state index < -0.39 is 4.92 Å². The minimum atomic E-state index is -0.435. The topological polar surface area (TPSA) is 78.6 Å². The summed E-state index contributed by atoms with van der Waals surface area (Å²) in [6.45, 7) is 5.23. The van der Waals surface area contributed by atoms with Crippen molar-refractivity contribution in [2.75, 3.05) is 49.1 Å². The molecule has 0 bridgehead atoms. The molecule has 9 heteroatoms. The van der Waals surface area contributed by atoms with Gasteiger partial charge in [0.25, 0.3) is 5.69 Å². The highest BCUT2D eigenvalue weighted by atomic mass is 19.1. The van der Waals surface area contributed by atoms with Crippen LogP contribution in [0.25, 0.3) is 0 Å². The number of halogens is 1. The summed E-state index contributed by atoms with van der Waals surface area (Å²) in [7, 11) is 0. The molecular weight excluding hydrogens is 411 g/mol. The quantitative estimate of drug-likeness (QED) is 0.392. The Kier molecular flexibility index (Phi) is 6.86. The van der Waals surface area contributed by atoms with Crippen LogP contribution in [0.1, 0.15) is 6.42 Å². The lowest BCUT2D eigenvalue weighted by Gasteiger charge is -2.35. The molecule has 166 valence electrons. The molecule has 0 amide bonds. The molecule has 1 aliphatic heterocycles. The summed E-state index contributed by atoms with van der Waals surface area (Å²) in [5, 5.41) is 10.8. The van der Waals surface area contributed by atoms with Crippen LogP contribution < -0.4 is 9.80 Å². The third-order valence-corrected chi connectivity index (χ3v) is 5.61. The fraction of sp³-hybridized carbons (Fsp3) is 0.304. The number of nitrogens with zero attached hydrogens (tertiary/aromatic N) is 6. The normalized spacial score (nSPS) is 14.3. The van der Waals surface area contributed by atoms with E-state index >= 15 is 0 Å². The van der Waals surface area contributed by atoms with Crippen molar-refractivity contribution in [3.05, 3.63) is 83.1 Å². The van der Waals surface area contributed by atoms with Crippen LogP contribution in [0, 0.1) is 15.9 Å². The Hall–Kier alpha value is -3.59. The molecule has 0 atom stereocenters. The van der Waals surface area contributed by atoms with Crippen LogP contribution in [0.3, 0.4) is 0 Å². The lowest BCUT2D eigenvalue weighted by molar-refractivity contribution is -0.385. The third kappa shape index (κ3) is 5.36. The van der Waals surface area contributed by atoms with Crippen LogP contribution in [0.4, 0.5) is 27.3 Å². The van der Waals surface area contributed by atoms with E-state index in [2.05, 4.69) is 24.7 Å². The predicted molar refractivity (Wildman–Crippen MR) is 122 cm³/mol. The second-order valence-corrected chi connectivity index (χ2v) is 7.65. The van der Waals surface area contributed by atoms with Gasteiger partial charge < -0.3 is 9.80 Å². The number of benzene rings is 1. The minimum Gasteiger partial charge on any atom is -0.354 e. The molecule has 32 heavy (non-hydrogen) atoms. The minimum absolute atomic E-state index is 0.00675. The van der Waals surface area contributed by atoms with Gasteiger partial charge in [0.1, 0.15) is 17.8 Å². The Labute approximate surface area is 186 Å². The summed E-state index contributed by atoms with van der Waals surface area (Å²) in [5.41, 5.74) is 1.99. The summed E-state index contributed by atoms with van der Waals surface area (Å²) >= 11 is 0. The van der Waals surface area contributed by atoms with Crippen LogP contribution >= 0.6 is 0 Å². The van der Waals surface area contributed by atoms with Crippen molar-refractivity contribution in [2.45, 2.75) is 6.42 Å². The number of piperazine rings is 1. The molecule has 3 aromatic rings. The van der Waals surface area contributed by atoms with Crippen LogP contribution in [-0.2, 0) is 0 Å². The summed E-state index contributed by atoms with van der Waals surface area (Å²) < 4.78 is 13.4. The van der Waals surface area contributed by atoms with Gasteiger partial charge in [-0.15, -0.1) is 0 Å². The van der Waals surface area contributed by atoms with Crippen molar-refractivity contribution in [3.8, 4) is 0 Å². The summed E-state index contributed by atoms with van der Waals surface area (Å²) in [6, 6.07) is 13.7. The van der Waals surface area contributed by atoms with E-state index in [1.165, 1.54) is 24.4 Å². The highest BCUT2D eigenvalue weighted by Gasteiger charge is 2.19. The van der Waals surface area contributed by atoms with Crippen molar-refractivity contribution < 1.29 is 9.31 Å². The lowest BCUT2D eigenvalue weighted by Crippen LogP contribution is -2.47. The molecule has 0 N–H and O–H groups in total. The predicted octanol–water partition coefficient (Wildman–Crippen LogP) is 3.87. The van der Waals surface area contributed by atoms with Gasteiger partial charge in [-0.2, -0.15) is 0 Å². The van der Waals surface area contributed by atoms with E-state index in [0.29, 0.717) is 0 Å². The molecule has 0 spiro atoms. The second-order valence-electron chi connectivity index (χ2n) is 7.65. The second kappa shape index (κ2) is 10.1. The molecule has 8 nitrogen and oxygen atoms in total. The molecule has 0 saturated carbocycles. The van der Waals surface area contributed by atoms with E-state index in [1.807, 2.05) is 12.1 Å². The molecular formula is C23H25FN6O2. The number of pyridine rings is 2. The van der Waals surface area contributed by atoms with E-state index in [4.69, 9.17) is 0 Å². The van der Waals surface area contributed by atoms with Crippen molar-refractivity contribution in [1.82, 2.24) is 14.9 Å². The van der Waals surface area contributed by atoms with Crippen LogP contribution in [0.15, 0.2) is 67.1 Å². The van der Waals surface area contributed by atoms with Gasteiger partial charge in [-0.25, -0.2) is 9.37 Å². The first-order chi connectivity index (χ1) is 15.6. The van der Waals surface area contributed by atoms with Gasteiger partial charge in [-0.05, 0) is 55.4 Å². The first kappa shape index (κ1) is 21.6. The smallest absolute Gasteiger partial charge is 0.287 e. The third-order valence-electron chi connectivity index (χ3n) is 5.61. The number of aromatic nitrogens is 2. The number of nitro groups is 1. The largest absolute Gasteiger partial charge is 0.354 e. The summed E-state index contributed by atoms with van der Waals surface area (Å²) in [5.74, 6) is 0.527. The zero-order chi connectivity index (χ0) is 22.3. The zero-order valence-electron chi connectivity index (χ0n) is 17.7. The molecule has 0 aliphatic carbocycles. The standard InChI is InChI=1S/C23H25FN6O2/c24-19-2-4-20(5-3-19)29(21-8-10-25-11-9-21)13-1-12-27-14-16-28(17-15-27)23-7-6-22(18-26-23)30(31)32/h2-11,18H,1,12-17H2. The number of hydrogen-bond acceptors (Lipinski definition) is 7. The Morgan fingerprint density at radius 1 is 0.969 bits per heavy atom. The molecule has 1 fully saturated rings. The van der Waals surface area contributed by atoms with Crippen molar-refractivity contribution in [2.24, 2.45) is 0 Å². The molecule has 1 aromatic carbocycles. The van der Waals surface area contributed by atoms with E-state index in [1.54, 1.807) is 30.6 Å². The van der Waals surface area contributed by atoms with Gasteiger partial charge in [0, 0.05) is 62.6 Å². The average Bonchev–Trinajstić information content (AvgIpc) is 2.84. The van der Waals surface area contributed by atoms with E-state index in [9.17, 15) is 14.5 Å². The van der Waals surface area contributed by atoms with Gasteiger partial charge in [0.2, 0.25) is 0 Å². The van der Waals surface area contributed by atoms with E-state index in [-0.39, 0.29) is 11.5 Å². The van der Waals surface area contributed by atoms with Gasteiger partial charge in [0.05, 0.1) is 4.92 Å². The number of hydrogen-bond donors (Lipinski definition) is 0. The zero-order valence-corrected chi connectivity index (χ0v) is 17.7.